The standard InChI is InChI=1S/C29H52O2.C29H50O2.C28H50O2.C27H46O2.C26H46O2/c2*1-7-29(31)17-16-27(5)21(18-29)9-10-22-24-12-11-23(28(24,6)15-14-25(22)27)20(4)26(30)13-8-19(2)3;1-6-28(30)16-14-21-20(17-28)8-9-23-22(21)13-15-27(5)24(10-11-25(23)27)19(4)26(29)12-7-18(2)3;1-7-27(29)15-14-25(5)19(16-27)8-9-20-22-11-10-21(18(4)24(28)17(2)3)26(22,6)13-12-23(20)25;1-7-26(28)15-14-24(5)18(16-26)8-9-19-21-11-10-20(17(2)23(3,4)27)25(21,6)13-12-22(19)24/h19-26,30-31H,7-18H2,1-6H3;9,19-20,22-26,30-31H,7-8,10-18H2,1-6H3;18-26,29-30H,6-17H2,1-5H3;8,17-18,20-24,28-29H,7,9-16H2,1-6H3;17-22,27-28H,7-16H2,1-6H3/t20-,21-,22-,23+,24-,25-,26-,27-,28+,29-;20-,22-,23+,24-,25-,26+,27-,28+,29-;19-,20-,21-,22+,23+,24+,25-,26-,27+,28-;18-,20-,21+,22-,23-,24+,25-,26+,27-;17-,18-,19-,20+,21-,22-,24-,25+,26-/m00000/s1. The fourth-order valence-corrected chi connectivity index (χ4v) is 45.5. The molecule has 20 aliphatic carbocycles. The normalized spacial score (nSPS) is 49.0. The summed E-state index contributed by atoms with van der Waals surface area (Å²) in [6.45, 7) is 67.8. The Hall–Kier alpha value is -0.920. The van der Waals surface area contributed by atoms with E-state index in [0.29, 0.717) is 132 Å². The number of allylic oxidation sites excluding steroid dienone is 2. The molecule has 10 nitrogen and oxygen atoms in total. The Bertz CT molecular complexity index is 4400. The first-order valence-electron chi connectivity index (χ1n) is 66.2. The molecule has 18 fully saturated rings. The van der Waals surface area contributed by atoms with Crippen molar-refractivity contribution in [2.24, 2.45) is 244 Å². The molecule has 47 atom stereocenters. The minimum atomic E-state index is -0.572. The van der Waals surface area contributed by atoms with Crippen LogP contribution in [0.25, 0.3) is 0 Å². The molecule has 10 heteroatoms. The molecular formula is C139H244O10. The summed E-state index contributed by atoms with van der Waals surface area (Å²) in [5.41, 5.74) is 4.16. The van der Waals surface area contributed by atoms with Gasteiger partial charge in [-0.2, -0.15) is 0 Å². The lowest BCUT2D eigenvalue weighted by atomic mass is 9.43. The van der Waals surface area contributed by atoms with E-state index in [0.717, 1.165) is 247 Å². The van der Waals surface area contributed by atoms with Crippen LogP contribution in [0, 0.1) is 244 Å². The zero-order valence-corrected chi connectivity index (χ0v) is 103. The van der Waals surface area contributed by atoms with Gasteiger partial charge >= 0.3 is 0 Å². The highest BCUT2D eigenvalue weighted by atomic mass is 16.3. The van der Waals surface area contributed by atoms with Crippen molar-refractivity contribution in [3.05, 3.63) is 23.3 Å². The number of rotatable bonds is 25. The Morgan fingerprint density at radius 1 is 0.275 bits per heavy atom. The van der Waals surface area contributed by atoms with Gasteiger partial charge in [-0.1, -0.05) is 210 Å². The van der Waals surface area contributed by atoms with Gasteiger partial charge in [-0.05, 0) is 605 Å². The van der Waals surface area contributed by atoms with Crippen molar-refractivity contribution in [1.82, 2.24) is 0 Å². The van der Waals surface area contributed by atoms with E-state index < -0.39 is 16.8 Å². The molecule has 18 saturated carbocycles. The van der Waals surface area contributed by atoms with E-state index in [1.807, 2.05) is 13.8 Å². The van der Waals surface area contributed by atoms with Gasteiger partial charge in [-0.15, -0.1) is 0 Å². The van der Waals surface area contributed by atoms with Crippen LogP contribution in [0.2, 0.25) is 0 Å². The maximum absolute atomic E-state index is 11.0. The molecular weight excluding hydrogens is 1830 g/mol. The van der Waals surface area contributed by atoms with Gasteiger partial charge in [-0.25, -0.2) is 0 Å². The fourth-order valence-electron chi connectivity index (χ4n) is 45.5. The first kappa shape index (κ1) is 120. The summed E-state index contributed by atoms with van der Waals surface area (Å²) < 4.78 is 0. The summed E-state index contributed by atoms with van der Waals surface area (Å²) in [7, 11) is 0. The zero-order valence-electron chi connectivity index (χ0n) is 103. The summed E-state index contributed by atoms with van der Waals surface area (Å²) in [4.78, 5) is 0. The summed E-state index contributed by atoms with van der Waals surface area (Å²) >= 11 is 0. The zero-order chi connectivity index (χ0) is 109. The molecule has 20 aliphatic rings. The highest BCUT2D eigenvalue weighted by molar-refractivity contribution is 5.30. The van der Waals surface area contributed by atoms with Gasteiger partial charge in [0.15, 0.2) is 0 Å². The molecule has 0 aromatic rings. The van der Waals surface area contributed by atoms with Crippen LogP contribution < -0.4 is 0 Å². The Kier molecular flexibility index (Phi) is 36.9. The molecule has 0 unspecified atom stereocenters. The predicted octanol–water partition coefficient (Wildman–Crippen LogP) is 33.7. The van der Waals surface area contributed by atoms with Gasteiger partial charge in [0.25, 0.3) is 0 Å². The van der Waals surface area contributed by atoms with E-state index in [1.54, 1.807) is 11.1 Å². The monoisotopic (exact) mass is 2070 g/mol. The van der Waals surface area contributed by atoms with Crippen LogP contribution in [0.5, 0.6) is 0 Å². The molecule has 0 spiro atoms. The molecule has 0 heterocycles. The Labute approximate surface area is 918 Å². The SMILES string of the molecule is CC[C@]1(O)CC[C@@]2(C)C(=CC[C@H]3[C@@H]4CC[C@H]([C@H](C)[C@H](O)C(C)C)[C@@]4(C)CC[C@@H]32)C1.CC[C@]1(O)CC[C@@]2(C)C(=CC[C@H]3[C@@H]4CC[C@H]([C@H](C)[C@H](O)CCC(C)C)[C@@]4(C)CC[C@@H]32)C1.CC[C@]1(O)CC[C@@]2(C)[C@@H](CC[C@@H]3[C@@H]2CC[C@]2(C)[C@@H]([C@H](C)C(C)(C)O)CC[C@@H]32)C1.CC[C@]1(O)CC[C@@]2(C)[C@@H](CC[C@@H]3[C@@H]2CC[C@]2(C)[C@@H]([C@H](C)[C@@H](O)CCC(C)C)CC[C@@H]32)C1.CC[C@]1(O)CC[C@H]2[C@@H](CC[C@@H]3[C@@H]2CC[C@]2(C)[C@@H]([C@H](C)[C@@H](O)CCC(C)C)CC[C@@H]32)C1. The van der Waals surface area contributed by atoms with Gasteiger partial charge in [0.2, 0.25) is 0 Å². The largest absolute Gasteiger partial charge is 0.393 e. The van der Waals surface area contributed by atoms with Crippen molar-refractivity contribution in [3.63, 3.8) is 0 Å². The van der Waals surface area contributed by atoms with Crippen LogP contribution >= 0.6 is 0 Å². The van der Waals surface area contributed by atoms with Crippen molar-refractivity contribution < 1.29 is 51.1 Å². The Balaban J connectivity index is 0.000000133. The highest BCUT2D eigenvalue weighted by Gasteiger charge is 2.69. The van der Waals surface area contributed by atoms with E-state index in [1.165, 1.54) is 212 Å². The summed E-state index contributed by atoms with van der Waals surface area (Å²) in [6.07, 6.45) is 69.3. The molecule has 0 aromatic heterocycles. The quantitative estimate of drug-likeness (QED) is 0.0392. The molecule has 0 radical (unpaired) electrons. The van der Waals surface area contributed by atoms with E-state index in [4.69, 9.17) is 0 Å². The first-order valence-corrected chi connectivity index (χ1v) is 66.2. The smallest absolute Gasteiger partial charge is 0.0682 e. The van der Waals surface area contributed by atoms with Crippen molar-refractivity contribution in [2.75, 3.05) is 0 Å². The number of hydrogen-bond donors (Lipinski definition) is 10. The van der Waals surface area contributed by atoms with Crippen LogP contribution in [-0.4, -0.2) is 109 Å². The summed E-state index contributed by atoms with van der Waals surface area (Å²) in [5.74, 6) is 23.8. The third-order valence-corrected chi connectivity index (χ3v) is 56.3. The number of aliphatic hydroxyl groups is 10. The van der Waals surface area contributed by atoms with Crippen LogP contribution in [0.15, 0.2) is 23.3 Å². The van der Waals surface area contributed by atoms with Gasteiger partial charge in [0, 0.05) is 0 Å². The van der Waals surface area contributed by atoms with Gasteiger partial charge in [0.1, 0.15) is 0 Å². The van der Waals surface area contributed by atoms with Crippen LogP contribution in [0.3, 0.4) is 0 Å². The second-order valence-electron chi connectivity index (χ2n) is 64.5. The molecule has 860 valence electrons. The molecule has 0 aromatic carbocycles. The first-order chi connectivity index (χ1) is 69.8. The van der Waals surface area contributed by atoms with Crippen LogP contribution in [0.1, 0.15) is 548 Å². The van der Waals surface area contributed by atoms with Crippen LogP contribution in [-0.2, 0) is 0 Å². The average molecular weight is 2080 g/mol. The maximum atomic E-state index is 11.0. The van der Waals surface area contributed by atoms with Crippen molar-refractivity contribution in [2.45, 2.75) is 606 Å². The molecule has 0 bridgehead atoms. The third-order valence-electron chi connectivity index (χ3n) is 56.3. The Morgan fingerprint density at radius 2 is 0.577 bits per heavy atom. The highest BCUT2D eigenvalue weighted by Crippen LogP contribution is 2.76. The van der Waals surface area contributed by atoms with Crippen molar-refractivity contribution in [1.29, 1.82) is 0 Å². The Morgan fingerprint density at radius 3 is 0.933 bits per heavy atom. The lowest BCUT2D eigenvalue weighted by Gasteiger charge is -2.62. The molecule has 10 N–H and O–H groups in total. The van der Waals surface area contributed by atoms with E-state index in [-0.39, 0.29) is 41.2 Å². The van der Waals surface area contributed by atoms with E-state index in [9.17, 15) is 51.1 Å². The van der Waals surface area contributed by atoms with Gasteiger partial charge in [0.05, 0.1) is 58.0 Å². The maximum Gasteiger partial charge on any atom is 0.0682 e. The molecule has 0 saturated heterocycles. The average Bonchev–Trinajstić information content (AvgIpc) is 1.58. The molecule has 0 amide bonds. The molecule has 0 aliphatic heterocycles. The molecule has 149 heavy (non-hydrogen) atoms. The minimum Gasteiger partial charge on any atom is -0.393 e. The van der Waals surface area contributed by atoms with Crippen molar-refractivity contribution in [3.8, 4) is 0 Å². The second kappa shape index (κ2) is 45.7. The topological polar surface area (TPSA) is 202 Å². The fraction of sp³-hybridized carbons (Fsp3) is 0.971. The summed E-state index contributed by atoms with van der Waals surface area (Å²) in [6, 6.07) is 0. The van der Waals surface area contributed by atoms with E-state index >= 15 is 0 Å². The predicted molar refractivity (Wildman–Crippen MR) is 621 cm³/mol. The molecule has 20 rings (SSSR count). The number of aliphatic hydroxyl groups excluding tert-OH is 4. The van der Waals surface area contributed by atoms with Gasteiger partial charge in [-0.3, -0.25) is 0 Å². The van der Waals surface area contributed by atoms with Crippen LogP contribution in [0.4, 0.5) is 0 Å². The van der Waals surface area contributed by atoms with Crippen molar-refractivity contribution >= 4 is 0 Å². The number of fused-ring (bicyclic) bond motifs is 25. The second-order valence-corrected chi connectivity index (χ2v) is 64.5. The third kappa shape index (κ3) is 22.6. The lowest BCUT2D eigenvalue weighted by molar-refractivity contribution is -0.156. The lowest BCUT2D eigenvalue weighted by Crippen LogP contribution is -2.56. The van der Waals surface area contributed by atoms with Gasteiger partial charge < -0.3 is 51.1 Å². The number of hydrogen-bond acceptors (Lipinski definition) is 10. The minimum absolute atomic E-state index is 0.119. The van der Waals surface area contributed by atoms with E-state index in [2.05, 4.69) is 199 Å². The summed E-state index contributed by atoms with van der Waals surface area (Å²) in [5, 5.41) is 109.